The van der Waals surface area contributed by atoms with E-state index in [4.69, 9.17) is 14.6 Å². The average molecular weight is 274 g/mol. The monoisotopic (exact) mass is 274 g/mol. The van der Waals surface area contributed by atoms with E-state index in [0.29, 0.717) is 0 Å². The third-order valence-corrected chi connectivity index (χ3v) is 3.37. The van der Waals surface area contributed by atoms with Gasteiger partial charge in [0.2, 0.25) is 0 Å². The van der Waals surface area contributed by atoms with E-state index in [1.165, 1.54) is 20.1 Å². The minimum absolute atomic E-state index is 0.112. The second-order valence-corrected chi connectivity index (χ2v) is 4.59. The summed E-state index contributed by atoms with van der Waals surface area (Å²) in [6.07, 6.45) is -3.60. The summed E-state index contributed by atoms with van der Waals surface area (Å²) in [7, 11) is 1.36. The molecule has 1 heterocycles. The number of aliphatic hydroxyl groups is 2. The topological polar surface area (TPSA) is 58.9 Å². The van der Waals surface area contributed by atoms with Crippen LogP contribution in [0.5, 0.6) is 0 Å². The molecule has 0 aromatic heterocycles. The number of aryl methyl sites for hydroxylation is 1. The summed E-state index contributed by atoms with van der Waals surface area (Å²) in [6, 6.07) is 2.10. The van der Waals surface area contributed by atoms with Gasteiger partial charge in [-0.1, -0.05) is 0 Å². The quantitative estimate of drug-likeness (QED) is 0.866. The summed E-state index contributed by atoms with van der Waals surface area (Å²) in [6.45, 7) is 1.11. The maximum absolute atomic E-state index is 13.8. The van der Waals surface area contributed by atoms with Crippen molar-refractivity contribution in [2.45, 2.75) is 31.3 Å². The normalized spacial score (nSPS) is 30.8. The van der Waals surface area contributed by atoms with Gasteiger partial charge in [0, 0.05) is 18.7 Å². The number of hydrogen-bond donors (Lipinski definition) is 2. The van der Waals surface area contributed by atoms with Gasteiger partial charge in [-0.3, -0.25) is 0 Å². The lowest BCUT2D eigenvalue weighted by atomic mass is 9.99. The lowest BCUT2D eigenvalue weighted by Crippen LogP contribution is -2.33. The zero-order valence-corrected chi connectivity index (χ0v) is 10.6. The first-order valence-corrected chi connectivity index (χ1v) is 5.92. The van der Waals surface area contributed by atoms with Crippen LogP contribution in [0.3, 0.4) is 0 Å². The van der Waals surface area contributed by atoms with E-state index in [1.54, 1.807) is 0 Å². The standard InChI is InChI=1S/C13H16F2O4/c1-6-3-7(9(15)4-8(6)14)12-13(18-2)11(17)10(5-16)19-12/h3-4,10-13,16-17H,5H2,1-2H3/t10-,11?,12+,13?/m1/s1. The van der Waals surface area contributed by atoms with Crippen LogP contribution in [0.2, 0.25) is 0 Å². The smallest absolute Gasteiger partial charge is 0.132 e. The van der Waals surface area contributed by atoms with Crippen molar-refractivity contribution in [3.05, 3.63) is 34.9 Å². The third-order valence-electron chi connectivity index (χ3n) is 3.37. The molecule has 1 aromatic carbocycles. The predicted molar refractivity (Wildman–Crippen MR) is 62.6 cm³/mol. The van der Waals surface area contributed by atoms with Crippen LogP contribution in [-0.4, -0.2) is 42.2 Å². The summed E-state index contributed by atoms with van der Waals surface area (Å²) in [5, 5.41) is 19.0. The molecule has 6 heteroatoms. The number of halogens is 2. The highest BCUT2D eigenvalue weighted by molar-refractivity contribution is 5.29. The molecule has 4 nitrogen and oxygen atoms in total. The van der Waals surface area contributed by atoms with Crippen LogP contribution in [0.4, 0.5) is 8.78 Å². The zero-order valence-electron chi connectivity index (χ0n) is 10.6. The fourth-order valence-electron chi connectivity index (χ4n) is 2.30. The molecule has 2 N–H and O–H groups in total. The highest BCUT2D eigenvalue weighted by Gasteiger charge is 2.45. The molecule has 0 amide bonds. The number of hydrogen-bond acceptors (Lipinski definition) is 4. The van der Waals surface area contributed by atoms with Crippen LogP contribution in [-0.2, 0) is 9.47 Å². The number of rotatable bonds is 3. The van der Waals surface area contributed by atoms with Gasteiger partial charge < -0.3 is 19.7 Å². The summed E-state index contributed by atoms with van der Waals surface area (Å²) in [4.78, 5) is 0. The number of aliphatic hydroxyl groups excluding tert-OH is 2. The van der Waals surface area contributed by atoms with Gasteiger partial charge in [0.05, 0.1) is 6.61 Å². The number of ether oxygens (including phenoxy) is 2. The first-order chi connectivity index (χ1) is 8.99. The van der Waals surface area contributed by atoms with Crippen LogP contribution in [0.15, 0.2) is 12.1 Å². The molecule has 2 unspecified atom stereocenters. The van der Waals surface area contributed by atoms with E-state index in [-0.39, 0.29) is 11.1 Å². The first kappa shape index (κ1) is 14.3. The molecule has 106 valence electrons. The summed E-state index contributed by atoms with van der Waals surface area (Å²) < 4.78 is 37.6. The molecule has 1 aliphatic heterocycles. The zero-order chi connectivity index (χ0) is 14.2. The highest BCUT2D eigenvalue weighted by atomic mass is 19.1. The van der Waals surface area contributed by atoms with Crippen molar-refractivity contribution in [2.75, 3.05) is 13.7 Å². The Morgan fingerprint density at radius 2 is 2.00 bits per heavy atom. The van der Waals surface area contributed by atoms with E-state index >= 15 is 0 Å². The highest BCUT2D eigenvalue weighted by Crippen LogP contribution is 2.37. The van der Waals surface area contributed by atoms with Gasteiger partial charge in [0.15, 0.2) is 0 Å². The molecule has 1 aromatic rings. The fourth-order valence-corrected chi connectivity index (χ4v) is 2.30. The van der Waals surface area contributed by atoms with Gasteiger partial charge >= 0.3 is 0 Å². The van der Waals surface area contributed by atoms with Crippen molar-refractivity contribution in [2.24, 2.45) is 0 Å². The van der Waals surface area contributed by atoms with E-state index in [1.807, 2.05) is 0 Å². The minimum Gasteiger partial charge on any atom is -0.394 e. The van der Waals surface area contributed by atoms with Gasteiger partial charge in [0.1, 0.15) is 36.1 Å². The molecule has 0 radical (unpaired) electrons. The molecule has 2 rings (SSSR count). The Kier molecular flexibility index (Phi) is 4.15. The van der Waals surface area contributed by atoms with Crippen molar-refractivity contribution in [1.29, 1.82) is 0 Å². The Hall–Kier alpha value is -1.08. The largest absolute Gasteiger partial charge is 0.394 e. The van der Waals surface area contributed by atoms with Crippen LogP contribution < -0.4 is 0 Å². The maximum Gasteiger partial charge on any atom is 0.132 e. The molecule has 1 saturated heterocycles. The first-order valence-electron chi connectivity index (χ1n) is 5.92. The SMILES string of the molecule is COC1C(O)[C@@H](CO)O[C@H]1c1cc(C)c(F)cc1F. The molecule has 0 saturated carbocycles. The summed E-state index contributed by atoms with van der Waals surface area (Å²) in [5.41, 5.74) is 0.387. The second kappa shape index (κ2) is 5.50. The van der Waals surface area contributed by atoms with E-state index in [0.717, 1.165) is 6.07 Å². The molecule has 0 bridgehead atoms. The third kappa shape index (κ3) is 2.49. The van der Waals surface area contributed by atoms with Crippen LogP contribution >= 0.6 is 0 Å². The molecule has 4 atom stereocenters. The molecular formula is C13H16F2O4. The number of methoxy groups -OCH3 is 1. The van der Waals surface area contributed by atoms with Crippen LogP contribution in [0, 0.1) is 18.6 Å². The second-order valence-electron chi connectivity index (χ2n) is 4.59. The van der Waals surface area contributed by atoms with Crippen molar-refractivity contribution in [3.8, 4) is 0 Å². The maximum atomic E-state index is 13.8. The molecule has 19 heavy (non-hydrogen) atoms. The van der Waals surface area contributed by atoms with Gasteiger partial charge in [-0.25, -0.2) is 8.78 Å². The lowest BCUT2D eigenvalue weighted by Gasteiger charge is -2.20. The van der Waals surface area contributed by atoms with Crippen molar-refractivity contribution >= 4 is 0 Å². The summed E-state index contributed by atoms with van der Waals surface area (Å²) >= 11 is 0. The van der Waals surface area contributed by atoms with Crippen molar-refractivity contribution in [3.63, 3.8) is 0 Å². The van der Waals surface area contributed by atoms with E-state index in [9.17, 15) is 13.9 Å². The molecule has 1 aliphatic rings. The Labute approximate surface area is 109 Å². The van der Waals surface area contributed by atoms with Gasteiger partial charge in [-0.05, 0) is 18.6 Å². The van der Waals surface area contributed by atoms with Gasteiger partial charge in [-0.2, -0.15) is 0 Å². The minimum atomic E-state index is -1.07. The number of benzene rings is 1. The van der Waals surface area contributed by atoms with Crippen LogP contribution in [0.1, 0.15) is 17.2 Å². The Morgan fingerprint density at radius 1 is 1.32 bits per heavy atom. The molecule has 0 spiro atoms. The Bertz CT molecular complexity index is 466. The van der Waals surface area contributed by atoms with E-state index < -0.39 is 42.7 Å². The Balaban J connectivity index is 2.38. The van der Waals surface area contributed by atoms with E-state index in [2.05, 4.69) is 0 Å². The van der Waals surface area contributed by atoms with Crippen molar-refractivity contribution < 1.29 is 28.5 Å². The molecular weight excluding hydrogens is 258 g/mol. The predicted octanol–water partition coefficient (Wildman–Crippen LogP) is 1.08. The molecule has 1 fully saturated rings. The van der Waals surface area contributed by atoms with Gasteiger partial charge in [0.25, 0.3) is 0 Å². The van der Waals surface area contributed by atoms with Crippen LogP contribution in [0.25, 0.3) is 0 Å². The Morgan fingerprint density at radius 3 is 2.58 bits per heavy atom. The molecule has 0 aliphatic carbocycles. The summed E-state index contributed by atoms with van der Waals surface area (Å²) in [5.74, 6) is -1.41. The van der Waals surface area contributed by atoms with Crippen molar-refractivity contribution in [1.82, 2.24) is 0 Å². The lowest BCUT2D eigenvalue weighted by molar-refractivity contribution is -0.0246. The fraction of sp³-hybridized carbons (Fsp3) is 0.538. The average Bonchev–Trinajstić information content (AvgIpc) is 2.70. The van der Waals surface area contributed by atoms with Gasteiger partial charge in [-0.15, -0.1) is 0 Å².